The number of nitrogens with zero attached hydrogens (tertiary/aromatic N) is 1. The van der Waals surface area contributed by atoms with E-state index in [1.54, 1.807) is 0 Å². The van der Waals surface area contributed by atoms with Crippen LogP contribution in [0.4, 0.5) is 0 Å². The van der Waals surface area contributed by atoms with Crippen molar-refractivity contribution in [3.63, 3.8) is 0 Å². The summed E-state index contributed by atoms with van der Waals surface area (Å²) >= 11 is 0. The standard InChI is InChI=1S/C14H25NO/c1-2-13(16)7-5-10-15-11-9-12-6-3-4-8-14(12)15/h12,14H,2-11H2,1H3. The second kappa shape index (κ2) is 5.81. The molecule has 1 saturated heterocycles. The summed E-state index contributed by atoms with van der Waals surface area (Å²) in [6.07, 6.45) is 9.73. The Morgan fingerprint density at radius 1 is 1.25 bits per heavy atom. The first-order chi connectivity index (χ1) is 7.81. The number of likely N-dealkylation sites (tertiary alicyclic amines) is 1. The van der Waals surface area contributed by atoms with Crippen LogP contribution in [0.25, 0.3) is 0 Å². The molecular weight excluding hydrogens is 198 g/mol. The van der Waals surface area contributed by atoms with Gasteiger partial charge in [0.2, 0.25) is 0 Å². The zero-order valence-electron chi connectivity index (χ0n) is 10.6. The first-order valence-corrected chi connectivity index (χ1v) is 7.07. The Labute approximate surface area is 99.4 Å². The van der Waals surface area contributed by atoms with Crippen LogP contribution in [0, 0.1) is 5.92 Å². The molecule has 16 heavy (non-hydrogen) atoms. The molecular formula is C14H25NO. The van der Waals surface area contributed by atoms with Crippen LogP contribution in [0.3, 0.4) is 0 Å². The Morgan fingerprint density at radius 2 is 2.06 bits per heavy atom. The minimum absolute atomic E-state index is 0.430. The topological polar surface area (TPSA) is 20.3 Å². The number of carbonyl (C=O) groups excluding carboxylic acids is 1. The molecule has 0 spiro atoms. The molecule has 2 atom stereocenters. The van der Waals surface area contributed by atoms with Gasteiger partial charge in [0.05, 0.1) is 0 Å². The van der Waals surface area contributed by atoms with Gasteiger partial charge in [-0.1, -0.05) is 19.8 Å². The van der Waals surface area contributed by atoms with Crippen LogP contribution >= 0.6 is 0 Å². The predicted molar refractivity (Wildman–Crippen MR) is 66.5 cm³/mol. The number of carbonyl (C=O) groups is 1. The lowest BCUT2D eigenvalue weighted by Gasteiger charge is -2.31. The highest BCUT2D eigenvalue weighted by Crippen LogP contribution is 2.36. The van der Waals surface area contributed by atoms with Gasteiger partial charge < -0.3 is 4.90 Å². The summed E-state index contributed by atoms with van der Waals surface area (Å²) in [5.74, 6) is 1.41. The van der Waals surface area contributed by atoms with Gasteiger partial charge in [-0.05, 0) is 44.7 Å². The van der Waals surface area contributed by atoms with Crippen LogP contribution in [0.15, 0.2) is 0 Å². The number of rotatable bonds is 5. The van der Waals surface area contributed by atoms with E-state index in [0.29, 0.717) is 12.2 Å². The molecule has 0 bridgehead atoms. The van der Waals surface area contributed by atoms with E-state index in [1.165, 1.54) is 38.6 Å². The van der Waals surface area contributed by atoms with Gasteiger partial charge in [-0.3, -0.25) is 4.79 Å². The summed E-state index contributed by atoms with van der Waals surface area (Å²) in [5.41, 5.74) is 0. The summed E-state index contributed by atoms with van der Waals surface area (Å²) in [4.78, 5) is 13.9. The molecule has 2 rings (SSSR count). The maximum Gasteiger partial charge on any atom is 0.132 e. The monoisotopic (exact) mass is 223 g/mol. The normalized spacial score (nSPS) is 30.3. The number of hydrogen-bond acceptors (Lipinski definition) is 2. The molecule has 2 fully saturated rings. The Kier molecular flexibility index (Phi) is 4.39. The quantitative estimate of drug-likeness (QED) is 0.714. The molecule has 1 aliphatic heterocycles. The van der Waals surface area contributed by atoms with Crippen LogP contribution < -0.4 is 0 Å². The first-order valence-electron chi connectivity index (χ1n) is 7.07. The van der Waals surface area contributed by atoms with Gasteiger partial charge >= 0.3 is 0 Å². The summed E-state index contributed by atoms with van der Waals surface area (Å²) in [6.45, 7) is 4.41. The Hall–Kier alpha value is -0.370. The van der Waals surface area contributed by atoms with Gasteiger partial charge in [0.1, 0.15) is 5.78 Å². The molecule has 1 heterocycles. The maximum atomic E-state index is 11.2. The van der Waals surface area contributed by atoms with Crippen LogP contribution in [0.1, 0.15) is 58.3 Å². The highest BCUT2D eigenvalue weighted by Gasteiger charge is 2.34. The number of fused-ring (bicyclic) bond motifs is 1. The zero-order valence-corrected chi connectivity index (χ0v) is 10.6. The van der Waals surface area contributed by atoms with E-state index < -0.39 is 0 Å². The molecule has 2 unspecified atom stereocenters. The van der Waals surface area contributed by atoms with Crippen LogP contribution in [-0.2, 0) is 4.79 Å². The molecule has 1 saturated carbocycles. The molecule has 2 heteroatoms. The fourth-order valence-corrected chi connectivity index (χ4v) is 3.44. The summed E-state index contributed by atoms with van der Waals surface area (Å²) in [6, 6.07) is 0.866. The van der Waals surface area contributed by atoms with Gasteiger partial charge in [0.15, 0.2) is 0 Å². The summed E-state index contributed by atoms with van der Waals surface area (Å²) in [5, 5.41) is 0. The van der Waals surface area contributed by atoms with E-state index in [2.05, 4.69) is 4.90 Å². The summed E-state index contributed by atoms with van der Waals surface area (Å²) in [7, 11) is 0. The lowest BCUT2D eigenvalue weighted by atomic mass is 9.85. The fourth-order valence-electron chi connectivity index (χ4n) is 3.44. The summed E-state index contributed by atoms with van der Waals surface area (Å²) < 4.78 is 0. The highest BCUT2D eigenvalue weighted by atomic mass is 16.1. The van der Waals surface area contributed by atoms with E-state index in [1.807, 2.05) is 6.92 Å². The minimum Gasteiger partial charge on any atom is -0.300 e. The lowest BCUT2D eigenvalue weighted by Crippen LogP contribution is -2.35. The average Bonchev–Trinajstić information content (AvgIpc) is 2.73. The molecule has 2 aliphatic rings. The van der Waals surface area contributed by atoms with Crippen molar-refractivity contribution in [3.05, 3.63) is 0 Å². The van der Waals surface area contributed by atoms with E-state index in [9.17, 15) is 4.79 Å². The Balaban J connectivity index is 1.71. The second-order valence-corrected chi connectivity index (χ2v) is 5.43. The van der Waals surface area contributed by atoms with Gasteiger partial charge in [-0.2, -0.15) is 0 Å². The third kappa shape index (κ3) is 2.85. The number of ketones is 1. The third-order valence-electron chi connectivity index (χ3n) is 4.42. The van der Waals surface area contributed by atoms with Crippen LogP contribution in [0.5, 0.6) is 0 Å². The van der Waals surface area contributed by atoms with Gasteiger partial charge in [0.25, 0.3) is 0 Å². The van der Waals surface area contributed by atoms with E-state index in [-0.39, 0.29) is 0 Å². The van der Waals surface area contributed by atoms with Crippen molar-refractivity contribution in [1.29, 1.82) is 0 Å². The Bertz CT molecular complexity index is 239. The molecule has 0 aromatic carbocycles. The van der Waals surface area contributed by atoms with E-state index in [0.717, 1.165) is 31.3 Å². The van der Waals surface area contributed by atoms with Crippen molar-refractivity contribution < 1.29 is 4.79 Å². The molecule has 1 aliphatic carbocycles. The van der Waals surface area contributed by atoms with Crippen LogP contribution in [-0.4, -0.2) is 29.8 Å². The molecule has 0 radical (unpaired) electrons. The van der Waals surface area contributed by atoms with E-state index in [4.69, 9.17) is 0 Å². The Morgan fingerprint density at radius 3 is 2.88 bits per heavy atom. The van der Waals surface area contributed by atoms with E-state index >= 15 is 0 Å². The first kappa shape index (κ1) is 12.1. The highest BCUT2D eigenvalue weighted by molar-refractivity contribution is 5.77. The second-order valence-electron chi connectivity index (χ2n) is 5.43. The van der Waals surface area contributed by atoms with Crippen molar-refractivity contribution in [1.82, 2.24) is 4.90 Å². The lowest BCUT2D eigenvalue weighted by molar-refractivity contribution is -0.118. The minimum atomic E-state index is 0.430. The molecule has 0 N–H and O–H groups in total. The number of hydrogen-bond donors (Lipinski definition) is 0. The van der Waals surface area contributed by atoms with Crippen LogP contribution in [0.2, 0.25) is 0 Å². The molecule has 0 aromatic rings. The van der Waals surface area contributed by atoms with Crippen molar-refractivity contribution in [3.8, 4) is 0 Å². The SMILES string of the molecule is CCC(=O)CCCN1CCC2CCCCC21. The zero-order chi connectivity index (χ0) is 11.4. The average molecular weight is 223 g/mol. The smallest absolute Gasteiger partial charge is 0.132 e. The van der Waals surface area contributed by atoms with Crippen molar-refractivity contribution in [2.24, 2.45) is 5.92 Å². The van der Waals surface area contributed by atoms with Crippen molar-refractivity contribution in [2.45, 2.75) is 64.3 Å². The van der Waals surface area contributed by atoms with Gasteiger partial charge in [-0.15, -0.1) is 0 Å². The molecule has 92 valence electrons. The van der Waals surface area contributed by atoms with Crippen molar-refractivity contribution >= 4 is 5.78 Å². The fraction of sp³-hybridized carbons (Fsp3) is 0.929. The largest absolute Gasteiger partial charge is 0.300 e. The molecule has 0 amide bonds. The maximum absolute atomic E-state index is 11.2. The predicted octanol–water partition coefficient (Wildman–Crippen LogP) is 3.01. The molecule has 0 aromatic heterocycles. The molecule has 2 nitrogen and oxygen atoms in total. The van der Waals surface area contributed by atoms with Crippen molar-refractivity contribution in [2.75, 3.05) is 13.1 Å². The number of Topliss-reactive ketones (excluding diaryl/α,β-unsaturated/α-hetero) is 1. The third-order valence-corrected chi connectivity index (χ3v) is 4.42. The van der Waals surface area contributed by atoms with Gasteiger partial charge in [0, 0.05) is 18.9 Å². The van der Waals surface area contributed by atoms with Gasteiger partial charge in [-0.25, -0.2) is 0 Å².